The summed E-state index contributed by atoms with van der Waals surface area (Å²) in [4.78, 5) is 39.5. The van der Waals surface area contributed by atoms with E-state index in [9.17, 15) is 18.8 Å². The van der Waals surface area contributed by atoms with Crippen molar-refractivity contribution in [2.45, 2.75) is 33.3 Å². The SMILES string of the molecule is CCCCOc1ccc(N2C(=O)NC(=O)/C(=C/c3cc(Cl)c(OCc4ccc(F)cc4)c(OCC)c3)C2=O)cc1. The molecule has 0 bridgehead atoms. The molecule has 0 spiro atoms. The molecule has 3 aromatic carbocycles. The van der Waals surface area contributed by atoms with Crippen LogP contribution in [0.3, 0.4) is 0 Å². The van der Waals surface area contributed by atoms with Crippen LogP contribution in [0.25, 0.3) is 6.08 Å². The van der Waals surface area contributed by atoms with Gasteiger partial charge in [-0.3, -0.25) is 14.9 Å². The highest BCUT2D eigenvalue weighted by molar-refractivity contribution is 6.39. The number of amides is 4. The average Bonchev–Trinajstić information content (AvgIpc) is 2.92. The van der Waals surface area contributed by atoms with Crippen LogP contribution in [0.15, 0.2) is 66.2 Å². The molecule has 1 saturated heterocycles. The van der Waals surface area contributed by atoms with Crippen LogP contribution < -0.4 is 24.4 Å². The summed E-state index contributed by atoms with van der Waals surface area (Å²) >= 11 is 6.50. The van der Waals surface area contributed by atoms with Crippen LogP contribution in [0.2, 0.25) is 5.02 Å². The van der Waals surface area contributed by atoms with Gasteiger partial charge >= 0.3 is 6.03 Å². The Hall–Kier alpha value is -4.37. The number of anilines is 1. The van der Waals surface area contributed by atoms with Crippen molar-refractivity contribution in [2.24, 2.45) is 0 Å². The lowest BCUT2D eigenvalue weighted by Crippen LogP contribution is -2.54. The van der Waals surface area contributed by atoms with Crippen molar-refractivity contribution in [3.63, 3.8) is 0 Å². The van der Waals surface area contributed by atoms with Crippen molar-refractivity contribution < 1.29 is 33.0 Å². The van der Waals surface area contributed by atoms with E-state index in [2.05, 4.69) is 12.2 Å². The number of halogens is 2. The number of urea groups is 1. The third-order valence-corrected chi connectivity index (χ3v) is 6.18. The largest absolute Gasteiger partial charge is 0.494 e. The number of barbiturate groups is 1. The van der Waals surface area contributed by atoms with Gasteiger partial charge < -0.3 is 14.2 Å². The Morgan fingerprint density at radius 2 is 1.68 bits per heavy atom. The van der Waals surface area contributed by atoms with Gasteiger partial charge in [-0.1, -0.05) is 37.1 Å². The molecular formula is C30H28ClFN2O6. The van der Waals surface area contributed by atoms with Crippen LogP contribution in [-0.2, 0) is 16.2 Å². The molecule has 3 aromatic rings. The molecule has 4 amide bonds. The molecule has 4 rings (SSSR count). The highest BCUT2D eigenvalue weighted by Gasteiger charge is 2.37. The first kappa shape index (κ1) is 28.6. The number of carbonyl (C=O) groups excluding carboxylic acids is 3. The number of hydrogen-bond donors (Lipinski definition) is 1. The molecule has 10 heteroatoms. The average molecular weight is 567 g/mol. The lowest BCUT2D eigenvalue weighted by molar-refractivity contribution is -0.122. The maximum Gasteiger partial charge on any atom is 0.335 e. The van der Waals surface area contributed by atoms with Crippen LogP contribution >= 0.6 is 11.6 Å². The van der Waals surface area contributed by atoms with E-state index < -0.39 is 17.8 Å². The normalized spacial score (nSPS) is 14.3. The van der Waals surface area contributed by atoms with Gasteiger partial charge in [-0.25, -0.2) is 14.1 Å². The molecule has 0 radical (unpaired) electrons. The third kappa shape index (κ3) is 6.79. The second kappa shape index (κ2) is 13.1. The van der Waals surface area contributed by atoms with Crippen LogP contribution in [0.5, 0.6) is 17.2 Å². The van der Waals surface area contributed by atoms with E-state index in [1.165, 1.54) is 24.3 Å². The van der Waals surface area contributed by atoms with Gasteiger partial charge in [0.15, 0.2) is 11.5 Å². The summed E-state index contributed by atoms with van der Waals surface area (Å²) < 4.78 is 30.4. The Kier molecular flexibility index (Phi) is 9.39. The monoisotopic (exact) mass is 566 g/mol. The molecular weight excluding hydrogens is 539 g/mol. The Labute approximate surface area is 236 Å². The van der Waals surface area contributed by atoms with E-state index in [-0.39, 0.29) is 34.5 Å². The smallest absolute Gasteiger partial charge is 0.335 e. The fraction of sp³-hybridized carbons (Fsp3) is 0.233. The van der Waals surface area contributed by atoms with Crippen molar-refractivity contribution >= 4 is 41.2 Å². The highest BCUT2D eigenvalue weighted by atomic mass is 35.5. The number of nitrogens with zero attached hydrogens (tertiary/aromatic N) is 1. The highest BCUT2D eigenvalue weighted by Crippen LogP contribution is 2.38. The van der Waals surface area contributed by atoms with Crippen LogP contribution in [-0.4, -0.2) is 31.1 Å². The van der Waals surface area contributed by atoms with Gasteiger partial charge in [-0.2, -0.15) is 0 Å². The zero-order chi connectivity index (χ0) is 28.6. The minimum Gasteiger partial charge on any atom is -0.494 e. The van der Waals surface area contributed by atoms with E-state index in [4.69, 9.17) is 25.8 Å². The molecule has 0 saturated carbocycles. The Morgan fingerprint density at radius 1 is 0.950 bits per heavy atom. The first-order chi connectivity index (χ1) is 19.3. The fourth-order valence-electron chi connectivity index (χ4n) is 3.89. The number of ether oxygens (including phenoxy) is 3. The summed E-state index contributed by atoms with van der Waals surface area (Å²) in [5.74, 6) is -0.833. The quantitative estimate of drug-likeness (QED) is 0.166. The predicted octanol–water partition coefficient (Wildman–Crippen LogP) is 6.30. The molecule has 0 aromatic heterocycles. The van der Waals surface area contributed by atoms with Crippen molar-refractivity contribution in [1.82, 2.24) is 5.32 Å². The van der Waals surface area contributed by atoms with Crippen LogP contribution in [0.1, 0.15) is 37.8 Å². The first-order valence-corrected chi connectivity index (χ1v) is 13.2. The van der Waals surface area contributed by atoms with E-state index in [0.717, 1.165) is 23.3 Å². The molecule has 208 valence electrons. The van der Waals surface area contributed by atoms with Gasteiger partial charge in [0.25, 0.3) is 11.8 Å². The zero-order valence-corrected chi connectivity index (χ0v) is 22.8. The minimum atomic E-state index is -0.857. The number of imide groups is 2. The van der Waals surface area contributed by atoms with E-state index in [1.807, 2.05) is 0 Å². The Bertz CT molecular complexity index is 1420. The van der Waals surface area contributed by atoms with Crippen LogP contribution in [0.4, 0.5) is 14.9 Å². The summed E-state index contributed by atoms with van der Waals surface area (Å²) in [7, 11) is 0. The van der Waals surface area contributed by atoms with Gasteiger partial charge in [0.1, 0.15) is 23.7 Å². The summed E-state index contributed by atoms with van der Waals surface area (Å²) in [5, 5.41) is 2.38. The van der Waals surface area contributed by atoms with E-state index in [1.54, 1.807) is 49.4 Å². The molecule has 0 atom stereocenters. The predicted molar refractivity (Wildman–Crippen MR) is 149 cm³/mol. The number of carbonyl (C=O) groups is 3. The number of unbranched alkanes of at least 4 members (excludes halogenated alkanes) is 1. The number of rotatable bonds is 11. The second-order valence-corrected chi connectivity index (χ2v) is 9.24. The maximum absolute atomic E-state index is 13.3. The summed E-state index contributed by atoms with van der Waals surface area (Å²) in [6.07, 6.45) is 3.23. The van der Waals surface area contributed by atoms with Gasteiger partial charge in [0, 0.05) is 0 Å². The first-order valence-electron chi connectivity index (χ1n) is 12.8. The molecule has 1 fully saturated rings. The molecule has 8 nitrogen and oxygen atoms in total. The molecule has 1 heterocycles. The summed E-state index contributed by atoms with van der Waals surface area (Å²) in [6, 6.07) is 14.5. The van der Waals surface area contributed by atoms with E-state index >= 15 is 0 Å². The van der Waals surface area contributed by atoms with Gasteiger partial charge in [-0.15, -0.1) is 0 Å². The molecule has 0 unspecified atom stereocenters. The van der Waals surface area contributed by atoms with Gasteiger partial charge in [0.2, 0.25) is 0 Å². The number of hydrogen-bond acceptors (Lipinski definition) is 6. The van der Waals surface area contributed by atoms with Crippen LogP contribution in [0, 0.1) is 5.82 Å². The summed E-state index contributed by atoms with van der Waals surface area (Å²) in [6.45, 7) is 4.81. The Morgan fingerprint density at radius 3 is 2.35 bits per heavy atom. The zero-order valence-electron chi connectivity index (χ0n) is 22.0. The standard InChI is InChI=1S/C30H28ClFN2O6/c1-3-5-14-39-23-12-10-22(11-13-23)34-29(36)24(28(35)33-30(34)37)15-20-16-25(31)27(26(17-20)38-4-2)40-18-19-6-8-21(32)9-7-19/h6-13,15-17H,3-5,14,18H2,1-2H3,(H,33,35,37)/b24-15-. The second-order valence-electron chi connectivity index (χ2n) is 8.83. The van der Waals surface area contributed by atoms with Crippen molar-refractivity contribution in [3.8, 4) is 17.2 Å². The van der Waals surface area contributed by atoms with E-state index in [0.29, 0.717) is 30.3 Å². The molecule has 1 aliphatic rings. The van der Waals surface area contributed by atoms with Crippen molar-refractivity contribution in [3.05, 3.63) is 88.2 Å². The topological polar surface area (TPSA) is 94.2 Å². The molecule has 1 N–H and O–H groups in total. The molecule has 1 aliphatic heterocycles. The van der Waals surface area contributed by atoms with Gasteiger partial charge in [-0.05, 0) is 79.1 Å². The number of nitrogens with one attached hydrogen (secondary N) is 1. The van der Waals surface area contributed by atoms with Gasteiger partial charge in [0.05, 0.1) is 23.9 Å². The third-order valence-electron chi connectivity index (χ3n) is 5.90. The Balaban J connectivity index is 1.58. The van der Waals surface area contributed by atoms with Crippen molar-refractivity contribution in [1.29, 1.82) is 0 Å². The molecule has 0 aliphatic carbocycles. The fourth-order valence-corrected chi connectivity index (χ4v) is 4.17. The lowest BCUT2D eigenvalue weighted by atomic mass is 10.1. The maximum atomic E-state index is 13.3. The number of benzene rings is 3. The molecule has 40 heavy (non-hydrogen) atoms. The summed E-state index contributed by atoms with van der Waals surface area (Å²) in [5.41, 5.74) is 1.12. The lowest BCUT2D eigenvalue weighted by Gasteiger charge is -2.26. The minimum absolute atomic E-state index is 0.112. The van der Waals surface area contributed by atoms with Crippen molar-refractivity contribution in [2.75, 3.05) is 18.1 Å².